The molecule has 0 bridgehead atoms. The summed E-state index contributed by atoms with van der Waals surface area (Å²) in [7, 11) is 1.97. The van der Waals surface area contributed by atoms with E-state index in [2.05, 4.69) is 30.5 Å². The summed E-state index contributed by atoms with van der Waals surface area (Å²) in [4.78, 5) is 41.2. The second kappa shape index (κ2) is 11.0. The van der Waals surface area contributed by atoms with Crippen LogP contribution in [0.4, 0.5) is 35.5 Å². The zero-order valence-electron chi connectivity index (χ0n) is 19.7. The maximum atomic E-state index is 13.5. The van der Waals surface area contributed by atoms with Crippen LogP contribution in [-0.2, 0) is 10.9 Å². The molecule has 0 aliphatic carbocycles. The Hall–Kier alpha value is -3.62. The molecule has 4 heterocycles. The number of amides is 2. The number of nitrogens with zero attached hydrogens (tertiary/aromatic N) is 6. The smallest absolute Gasteiger partial charge is 0.421 e. The lowest BCUT2D eigenvalue weighted by atomic mass is 10.3. The molecule has 0 atom stereocenters. The van der Waals surface area contributed by atoms with E-state index in [1.165, 1.54) is 11.2 Å². The molecule has 0 aromatic carbocycles. The highest BCUT2D eigenvalue weighted by Crippen LogP contribution is 2.34. The third kappa shape index (κ3) is 6.33. The number of halogens is 3. The lowest BCUT2D eigenvalue weighted by Crippen LogP contribution is -2.47. The van der Waals surface area contributed by atoms with Crippen molar-refractivity contribution in [2.45, 2.75) is 19.0 Å². The van der Waals surface area contributed by atoms with Crippen molar-refractivity contribution in [1.29, 1.82) is 0 Å². The van der Waals surface area contributed by atoms with E-state index >= 15 is 0 Å². The van der Waals surface area contributed by atoms with Crippen molar-refractivity contribution in [3.63, 3.8) is 0 Å². The molecule has 12 nitrogen and oxygen atoms in total. The van der Waals surface area contributed by atoms with Crippen LogP contribution >= 0.6 is 0 Å². The maximum Gasteiger partial charge on any atom is 0.421 e. The fourth-order valence-corrected chi connectivity index (χ4v) is 3.75. The molecule has 0 saturated carbocycles. The van der Waals surface area contributed by atoms with Gasteiger partial charge in [-0.3, -0.25) is 4.79 Å². The number of nitrogens with one attached hydrogen (secondary N) is 2. The zero-order valence-corrected chi connectivity index (χ0v) is 19.7. The zero-order chi connectivity index (χ0) is 25.7. The van der Waals surface area contributed by atoms with E-state index in [0.717, 1.165) is 13.1 Å². The molecule has 2 aliphatic rings. The van der Waals surface area contributed by atoms with Gasteiger partial charge in [-0.1, -0.05) is 0 Å². The topological polar surface area (TPSA) is 129 Å². The number of hydrogen-bond donors (Lipinski definition) is 2. The molecular weight excluding hydrogens is 485 g/mol. The Labute approximate surface area is 204 Å². The Bertz CT molecular complexity index is 1070. The van der Waals surface area contributed by atoms with E-state index in [0.29, 0.717) is 51.8 Å². The molecule has 2 N–H and O–H groups in total. The van der Waals surface area contributed by atoms with Crippen molar-refractivity contribution in [3.8, 4) is 0 Å². The summed E-state index contributed by atoms with van der Waals surface area (Å²) < 4.78 is 50.6. The van der Waals surface area contributed by atoms with E-state index in [1.807, 2.05) is 7.05 Å². The molecule has 2 aromatic rings. The van der Waals surface area contributed by atoms with Crippen molar-refractivity contribution in [2.75, 3.05) is 70.1 Å². The number of hydrogen-bond acceptors (Lipinski definition) is 10. The van der Waals surface area contributed by atoms with Crippen LogP contribution in [0.15, 0.2) is 16.9 Å². The van der Waals surface area contributed by atoms with Gasteiger partial charge in [-0.2, -0.15) is 23.1 Å². The predicted octanol–water partition coefficient (Wildman–Crippen LogP) is 2.26. The Balaban J connectivity index is 1.38. The van der Waals surface area contributed by atoms with Gasteiger partial charge in [-0.15, -0.1) is 0 Å². The molecule has 2 aromatic heterocycles. The number of ether oxygens (including phenoxy) is 1. The third-order valence-electron chi connectivity index (χ3n) is 5.77. The number of alkyl halides is 3. The monoisotopic (exact) mass is 512 g/mol. The Kier molecular flexibility index (Phi) is 7.76. The molecule has 2 saturated heterocycles. The van der Waals surface area contributed by atoms with Crippen molar-refractivity contribution < 1.29 is 31.9 Å². The number of cyclic esters (lactones) is 1. The molecule has 0 radical (unpaired) electrons. The molecule has 36 heavy (non-hydrogen) atoms. The molecule has 0 unspecified atom stereocenters. The average molecular weight is 512 g/mol. The maximum absolute atomic E-state index is 13.5. The Morgan fingerprint density at radius 3 is 2.67 bits per heavy atom. The summed E-state index contributed by atoms with van der Waals surface area (Å²) in [6, 6.07) is 0. The molecule has 2 aliphatic heterocycles. The Morgan fingerprint density at radius 2 is 1.94 bits per heavy atom. The van der Waals surface area contributed by atoms with Gasteiger partial charge >= 0.3 is 18.2 Å². The van der Waals surface area contributed by atoms with E-state index in [4.69, 9.17) is 9.15 Å². The lowest BCUT2D eigenvalue weighted by Gasteiger charge is -2.31. The van der Waals surface area contributed by atoms with E-state index < -0.39 is 23.7 Å². The fourth-order valence-electron chi connectivity index (χ4n) is 3.75. The average Bonchev–Trinajstić information content (AvgIpc) is 3.31. The largest absolute Gasteiger partial charge is 0.449 e. The van der Waals surface area contributed by atoms with Crippen LogP contribution in [0.3, 0.4) is 0 Å². The van der Waals surface area contributed by atoms with Crippen molar-refractivity contribution in [1.82, 2.24) is 29.7 Å². The fraction of sp³-hybridized carbons (Fsp3) is 0.571. The van der Waals surface area contributed by atoms with Crippen LogP contribution in [-0.4, -0.2) is 101 Å². The predicted molar refractivity (Wildman–Crippen MR) is 121 cm³/mol. The number of aromatic nitrogens is 3. The highest BCUT2D eigenvalue weighted by Gasteiger charge is 2.35. The van der Waals surface area contributed by atoms with Gasteiger partial charge in [0.2, 0.25) is 5.95 Å². The summed E-state index contributed by atoms with van der Waals surface area (Å²) in [5.41, 5.74) is -1.03. The van der Waals surface area contributed by atoms with Gasteiger partial charge < -0.3 is 34.5 Å². The minimum atomic E-state index is -4.67. The summed E-state index contributed by atoms with van der Waals surface area (Å²) in [5, 5.41) is 5.35. The standard InChI is InChI=1S/C21H27F3N8O4/c1-30-7-9-31(10-8-30)18(33)17-27-15(13-36-17)28-19-26-12-14(21(22,23)24)16(29-19)25-4-2-5-32-6-3-11-35-20(32)34/h12-13H,2-11H2,1H3,(H2,25,26,28,29). The van der Waals surface area contributed by atoms with Crippen LogP contribution < -0.4 is 10.6 Å². The number of oxazole rings is 1. The minimum Gasteiger partial charge on any atom is -0.449 e. The van der Waals surface area contributed by atoms with Gasteiger partial charge in [-0.25, -0.2) is 9.78 Å². The first-order valence-electron chi connectivity index (χ1n) is 11.5. The summed E-state index contributed by atoms with van der Waals surface area (Å²) >= 11 is 0. The van der Waals surface area contributed by atoms with Gasteiger partial charge in [0.1, 0.15) is 17.6 Å². The van der Waals surface area contributed by atoms with Crippen molar-refractivity contribution in [3.05, 3.63) is 23.9 Å². The number of piperazine rings is 1. The quantitative estimate of drug-likeness (QED) is 0.508. The van der Waals surface area contributed by atoms with Crippen LogP contribution in [0.25, 0.3) is 0 Å². The molecular formula is C21H27F3N8O4. The van der Waals surface area contributed by atoms with Crippen LogP contribution in [0.1, 0.15) is 29.1 Å². The molecule has 196 valence electrons. The van der Waals surface area contributed by atoms with Crippen LogP contribution in [0.2, 0.25) is 0 Å². The Morgan fingerprint density at radius 1 is 1.17 bits per heavy atom. The first kappa shape index (κ1) is 25.5. The second-order valence-corrected chi connectivity index (χ2v) is 8.45. The van der Waals surface area contributed by atoms with E-state index in [-0.39, 0.29) is 30.1 Å². The first-order chi connectivity index (χ1) is 17.2. The first-order valence-corrected chi connectivity index (χ1v) is 11.5. The van der Waals surface area contributed by atoms with E-state index in [9.17, 15) is 22.8 Å². The van der Waals surface area contributed by atoms with Gasteiger partial charge in [0, 0.05) is 52.0 Å². The molecule has 2 fully saturated rings. The highest BCUT2D eigenvalue weighted by atomic mass is 19.4. The number of likely N-dealkylation sites (N-methyl/N-ethyl adjacent to an activating group) is 1. The lowest BCUT2D eigenvalue weighted by molar-refractivity contribution is -0.137. The van der Waals surface area contributed by atoms with E-state index in [1.54, 1.807) is 4.90 Å². The summed E-state index contributed by atoms with van der Waals surface area (Å²) in [5.74, 6) is -0.995. The van der Waals surface area contributed by atoms with Gasteiger partial charge in [0.15, 0.2) is 5.82 Å². The van der Waals surface area contributed by atoms with Crippen LogP contribution in [0.5, 0.6) is 0 Å². The van der Waals surface area contributed by atoms with Crippen molar-refractivity contribution in [2.24, 2.45) is 0 Å². The van der Waals surface area contributed by atoms with Crippen LogP contribution in [0, 0.1) is 0 Å². The molecule has 15 heteroatoms. The SMILES string of the molecule is CN1CCN(C(=O)c2nc(Nc3ncc(C(F)(F)F)c(NCCCN4CCCOC4=O)n3)co2)CC1. The van der Waals surface area contributed by atoms with Gasteiger partial charge in [0.25, 0.3) is 5.89 Å². The highest BCUT2D eigenvalue weighted by molar-refractivity contribution is 5.90. The summed E-state index contributed by atoms with van der Waals surface area (Å²) in [6.07, 6.45) is -2.16. The molecule has 2 amide bonds. The van der Waals surface area contributed by atoms with Crippen molar-refractivity contribution >= 4 is 29.6 Å². The number of anilines is 3. The number of carbonyl (C=O) groups is 2. The second-order valence-electron chi connectivity index (χ2n) is 8.45. The summed E-state index contributed by atoms with van der Waals surface area (Å²) in [6.45, 7) is 3.93. The minimum absolute atomic E-state index is 0.0850. The molecule has 4 rings (SSSR count). The third-order valence-corrected chi connectivity index (χ3v) is 5.77. The normalized spacial score (nSPS) is 17.2. The van der Waals surface area contributed by atoms with Gasteiger partial charge in [0.05, 0.1) is 6.61 Å². The number of rotatable bonds is 8. The van der Waals surface area contributed by atoms with Gasteiger partial charge in [-0.05, 0) is 19.9 Å². The number of carbonyl (C=O) groups excluding carboxylic acids is 2. The molecule has 0 spiro atoms.